The van der Waals surface area contributed by atoms with E-state index in [1.165, 1.54) is 24.8 Å². The summed E-state index contributed by atoms with van der Waals surface area (Å²) in [4.78, 5) is 32.8. The summed E-state index contributed by atoms with van der Waals surface area (Å²) in [5, 5.41) is 1.05. The molecule has 2 saturated heterocycles. The summed E-state index contributed by atoms with van der Waals surface area (Å²) in [7, 11) is 0.118. The number of hydrogen-bond donors (Lipinski definition) is 1. The number of piperidine rings is 1. The monoisotopic (exact) mass is 656 g/mol. The molecule has 47 heavy (non-hydrogen) atoms. The van der Waals surface area contributed by atoms with E-state index < -0.39 is 15.9 Å². The van der Waals surface area contributed by atoms with E-state index in [4.69, 9.17) is 4.74 Å². The van der Waals surface area contributed by atoms with Crippen molar-refractivity contribution in [3.8, 4) is 5.75 Å². The number of allylic oxidation sites excluding steroid dienone is 4. The summed E-state index contributed by atoms with van der Waals surface area (Å²) in [6.45, 7) is 2.27. The maximum atomic E-state index is 14.6. The third-order valence-corrected chi connectivity index (χ3v) is 13.5. The van der Waals surface area contributed by atoms with E-state index in [0.29, 0.717) is 24.5 Å². The lowest BCUT2D eigenvalue weighted by Crippen LogP contribution is -2.70. The highest BCUT2D eigenvalue weighted by Gasteiger charge is 2.52. The number of ether oxygens (including phenoxy) is 1. The van der Waals surface area contributed by atoms with Crippen molar-refractivity contribution in [2.45, 2.75) is 88.3 Å². The molecule has 10 heteroatoms. The molecule has 4 fully saturated rings. The Morgan fingerprint density at radius 2 is 1.81 bits per heavy atom. The van der Waals surface area contributed by atoms with Crippen LogP contribution in [0, 0.1) is 11.8 Å². The maximum absolute atomic E-state index is 14.6. The van der Waals surface area contributed by atoms with Gasteiger partial charge in [0.2, 0.25) is 15.9 Å². The molecule has 2 saturated carbocycles. The van der Waals surface area contributed by atoms with Gasteiger partial charge in [-0.15, -0.1) is 0 Å². The van der Waals surface area contributed by atoms with Crippen molar-refractivity contribution in [2.75, 3.05) is 33.0 Å². The third kappa shape index (κ3) is 4.84. The molecule has 3 aliphatic heterocycles. The van der Waals surface area contributed by atoms with Gasteiger partial charge in [0.25, 0.3) is 5.91 Å². The number of carbonyl (C=O) groups excluding carboxylic acids is 2. The van der Waals surface area contributed by atoms with Crippen molar-refractivity contribution in [3.05, 3.63) is 63.9 Å². The van der Waals surface area contributed by atoms with E-state index >= 15 is 0 Å². The molecule has 0 spiro atoms. The zero-order valence-corrected chi connectivity index (χ0v) is 28.2. The van der Waals surface area contributed by atoms with Crippen molar-refractivity contribution in [3.63, 3.8) is 0 Å². The number of rotatable bonds is 7. The zero-order valence-electron chi connectivity index (χ0n) is 27.3. The molecule has 4 aliphatic carbocycles. The molecular weight excluding hydrogens is 612 g/mol. The average molecular weight is 657 g/mol. The molecule has 4 atom stereocenters. The van der Waals surface area contributed by atoms with Gasteiger partial charge in [0.1, 0.15) is 5.75 Å². The first-order chi connectivity index (χ1) is 22.7. The molecule has 7 aliphatic rings. The standard InChI is InChI=1S/C37H44N4O5S/c1-39-17-23-15-24(18-39)41(23)37(43)27-10-6-9-26-32(27)30-16-28-31(46-2)14-13-25(22-7-4-3-5-8-22)35(28)40(30)19-29-33(26)34(29)36(42)38-47(44,45)20-21-11-12-21/h6,9,13-14,16,21-24,27,32H,3-5,7-8,10-12,15,17-20H2,1-2H3,(H,38,42)/t23?,24?,27-,32?/m1/s1. The minimum atomic E-state index is -3.73. The fourth-order valence-corrected chi connectivity index (χ4v) is 11.1. The van der Waals surface area contributed by atoms with Crippen LogP contribution in [-0.4, -0.2) is 79.7 Å². The van der Waals surface area contributed by atoms with Crippen LogP contribution in [0.15, 0.2) is 52.6 Å². The van der Waals surface area contributed by atoms with Crippen LogP contribution in [0.25, 0.3) is 10.9 Å². The summed E-state index contributed by atoms with van der Waals surface area (Å²) < 4.78 is 36.5. The van der Waals surface area contributed by atoms with Crippen LogP contribution in [0.4, 0.5) is 0 Å². The van der Waals surface area contributed by atoms with Crippen LogP contribution in [0.5, 0.6) is 5.75 Å². The van der Waals surface area contributed by atoms with Crippen LogP contribution in [-0.2, 0) is 26.2 Å². The SMILES string of the molecule is COc1ccc(C2CCCCC2)c2c1cc1n2CC2=C(C(=O)NS(=O)(=O)CC3CC3)C2=C2C=CC[C@@H](C(=O)N3C4CC3CN(C)C4)C21. The molecule has 9 rings (SSSR count). The van der Waals surface area contributed by atoms with Crippen LogP contribution in [0.1, 0.15) is 80.9 Å². The summed E-state index contributed by atoms with van der Waals surface area (Å²) >= 11 is 0. The van der Waals surface area contributed by atoms with Crippen molar-refractivity contribution in [1.29, 1.82) is 0 Å². The molecule has 0 radical (unpaired) electrons. The van der Waals surface area contributed by atoms with Crippen molar-refractivity contribution < 1.29 is 22.7 Å². The van der Waals surface area contributed by atoms with Crippen LogP contribution >= 0.6 is 0 Å². The van der Waals surface area contributed by atoms with Gasteiger partial charge in [-0.2, -0.15) is 0 Å². The Kier molecular flexibility index (Phi) is 6.85. The highest BCUT2D eigenvalue weighted by atomic mass is 32.2. The second-order valence-electron chi connectivity index (χ2n) is 15.2. The Labute approximate surface area is 276 Å². The molecule has 2 bridgehead atoms. The average Bonchev–Trinajstić information content (AvgIpc) is 3.96. The summed E-state index contributed by atoms with van der Waals surface area (Å²) in [5.74, 6) is 0.515. The van der Waals surface area contributed by atoms with Crippen LogP contribution < -0.4 is 9.46 Å². The smallest absolute Gasteiger partial charge is 0.265 e. The number of likely N-dealkylation sites (N-methyl/N-ethyl adjacent to an activating group) is 1. The number of sulfonamides is 1. The largest absolute Gasteiger partial charge is 0.496 e. The van der Waals surface area contributed by atoms with Gasteiger partial charge in [0.15, 0.2) is 0 Å². The lowest BCUT2D eigenvalue weighted by atomic mass is 9.74. The molecule has 2 aromatic rings. The first-order valence-corrected chi connectivity index (χ1v) is 19.3. The molecular formula is C37H44N4O5S. The zero-order chi connectivity index (χ0) is 32.2. The molecule has 1 N–H and O–H groups in total. The first kappa shape index (κ1) is 29.7. The number of piperazine rings is 1. The minimum Gasteiger partial charge on any atom is -0.496 e. The van der Waals surface area contributed by atoms with Gasteiger partial charge in [0.05, 0.1) is 29.9 Å². The summed E-state index contributed by atoms with van der Waals surface area (Å²) in [6, 6.07) is 7.06. The number of aromatic nitrogens is 1. The van der Waals surface area contributed by atoms with Gasteiger partial charge in [-0.1, -0.05) is 37.5 Å². The highest BCUT2D eigenvalue weighted by molar-refractivity contribution is 7.90. The molecule has 9 nitrogen and oxygen atoms in total. The van der Waals surface area contributed by atoms with E-state index in [0.717, 1.165) is 84.3 Å². The maximum Gasteiger partial charge on any atom is 0.265 e. The number of carbonyl (C=O) groups is 2. The van der Waals surface area contributed by atoms with E-state index in [9.17, 15) is 18.0 Å². The van der Waals surface area contributed by atoms with E-state index in [2.05, 4.69) is 56.5 Å². The Bertz CT molecular complexity index is 1900. The number of nitrogens with one attached hydrogen (secondary N) is 1. The Balaban J connectivity index is 1.18. The van der Waals surface area contributed by atoms with Gasteiger partial charge in [-0.25, -0.2) is 13.1 Å². The van der Waals surface area contributed by atoms with Gasteiger partial charge >= 0.3 is 0 Å². The molecule has 4 heterocycles. The lowest BCUT2D eigenvalue weighted by Gasteiger charge is -2.57. The van der Waals surface area contributed by atoms with Gasteiger partial charge < -0.3 is 19.1 Å². The lowest BCUT2D eigenvalue weighted by molar-refractivity contribution is -0.158. The minimum absolute atomic E-state index is 0.00333. The van der Waals surface area contributed by atoms with Gasteiger partial charge in [-0.05, 0) is 91.8 Å². The summed E-state index contributed by atoms with van der Waals surface area (Å²) in [5.41, 5.74) is 6.73. The predicted molar refractivity (Wildman–Crippen MR) is 180 cm³/mol. The number of amides is 2. The van der Waals surface area contributed by atoms with Crippen molar-refractivity contribution in [2.24, 2.45) is 11.8 Å². The second-order valence-corrected chi connectivity index (χ2v) is 16.9. The number of fused-ring (bicyclic) bond motifs is 8. The normalized spacial score (nSPS) is 28.8. The quantitative estimate of drug-likeness (QED) is 0.462. The number of benzene rings is 1. The molecule has 2 amide bonds. The fourth-order valence-electron chi connectivity index (χ4n) is 9.71. The number of likely N-dealkylation sites (tertiary alicyclic amines) is 2. The van der Waals surface area contributed by atoms with Gasteiger partial charge in [0, 0.05) is 48.7 Å². The number of hydrogen-bond acceptors (Lipinski definition) is 6. The Morgan fingerprint density at radius 1 is 1.04 bits per heavy atom. The Hall–Kier alpha value is -3.37. The molecule has 3 unspecified atom stereocenters. The van der Waals surface area contributed by atoms with Crippen molar-refractivity contribution >= 4 is 32.7 Å². The van der Waals surface area contributed by atoms with E-state index in [-0.39, 0.29) is 41.5 Å². The molecule has 248 valence electrons. The number of nitrogens with zero attached hydrogens (tertiary/aromatic N) is 3. The third-order valence-electron chi connectivity index (χ3n) is 12.1. The van der Waals surface area contributed by atoms with Gasteiger partial charge in [-0.3, -0.25) is 9.59 Å². The number of methoxy groups -OCH3 is 1. The predicted octanol–water partition coefficient (Wildman–Crippen LogP) is 4.75. The summed E-state index contributed by atoms with van der Waals surface area (Å²) in [6.07, 6.45) is 13.6. The second kappa shape index (κ2) is 10.8. The van der Waals surface area contributed by atoms with Crippen LogP contribution in [0.3, 0.4) is 0 Å². The Morgan fingerprint density at radius 3 is 2.53 bits per heavy atom. The molecule has 1 aromatic heterocycles. The first-order valence-electron chi connectivity index (χ1n) is 17.6. The fraction of sp³-hybridized carbons (Fsp3) is 0.568. The van der Waals surface area contributed by atoms with E-state index in [1.807, 2.05) is 0 Å². The van der Waals surface area contributed by atoms with E-state index in [1.54, 1.807) is 7.11 Å². The van der Waals surface area contributed by atoms with Crippen molar-refractivity contribution in [1.82, 2.24) is 19.1 Å². The topological polar surface area (TPSA) is 101 Å². The van der Waals surface area contributed by atoms with Crippen LogP contribution in [0.2, 0.25) is 0 Å². The highest BCUT2D eigenvalue weighted by Crippen LogP contribution is 2.56. The molecule has 1 aromatic carbocycles.